The minimum absolute atomic E-state index is 0.00258. The topological polar surface area (TPSA) is 53.6 Å². The lowest BCUT2D eigenvalue weighted by molar-refractivity contribution is 0.130. The zero-order valence-corrected chi connectivity index (χ0v) is 15.2. The van der Waals surface area contributed by atoms with Crippen molar-refractivity contribution >= 4 is 6.03 Å². The minimum atomic E-state index is -0.00258. The van der Waals surface area contributed by atoms with Crippen LogP contribution < -0.4 is 15.4 Å². The lowest BCUT2D eigenvalue weighted by atomic mass is 9.87. The third-order valence-corrected chi connectivity index (χ3v) is 5.44. The standard InChI is InChI=1S/C20H31N3O2/c1-23-13-11-17(12-14-23)22-20(24)21-15-16-7-9-19(10-8-16)25-18-5-3-2-4-6-18/h2-6,16-17,19H,7-15H2,1H3,(H2,21,22,24). The summed E-state index contributed by atoms with van der Waals surface area (Å²) < 4.78 is 6.03. The van der Waals surface area contributed by atoms with E-state index in [2.05, 4.69) is 22.6 Å². The maximum Gasteiger partial charge on any atom is 0.315 e. The lowest BCUT2D eigenvalue weighted by Crippen LogP contribution is -2.48. The fraction of sp³-hybridized carbons (Fsp3) is 0.650. The molecule has 0 aromatic heterocycles. The summed E-state index contributed by atoms with van der Waals surface area (Å²) in [6.07, 6.45) is 6.78. The van der Waals surface area contributed by atoms with Crippen molar-refractivity contribution in [3.8, 4) is 5.75 Å². The number of urea groups is 1. The first kappa shape index (κ1) is 18.1. The van der Waals surface area contributed by atoms with E-state index in [9.17, 15) is 4.79 Å². The first-order chi connectivity index (χ1) is 12.2. The summed E-state index contributed by atoms with van der Waals surface area (Å²) in [4.78, 5) is 14.4. The van der Waals surface area contributed by atoms with Crippen LogP contribution in [0.2, 0.25) is 0 Å². The molecule has 1 aliphatic carbocycles. The third kappa shape index (κ3) is 5.92. The summed E-state index contributed by atoms with van der Waals surface area (Å²) in [6.45, 7) is 2.91. The molecule has 1 aromatic carbocycles. The van der Waals surface area contributed by atoms with Gasteiger partial charge in [0.05, 0.1) is 6.10 Å². The van der Waals surface area contributed by atoms with Crippen molar-refractivity contribution in [2.24, 2.45) is 5.92 Å². The SMILES string of the molecule is CN1CCC(NC(=O)NCC2CCC(Oc3ccccc3)CC2)CC1. The van der Waals surface area contributed by atoms with Crippen molar-refractivity contribution in [3.05, 3.63) is 30.3 Å². The second-order valence-corrected chi connectivity index (χ2v) is 7.51. The fourth-order valence-electron chi connectivity index (χ4n) is 3.77. The monoisotopic (exact) mass is 345 g/mol. The van der Waals surface area contributed by atoms with Crippen molar-refractivity contribution < 1.29 is 9.53 Å². The number of piperidine rings is 1. The van der Waals surface area contributed by atoms with Gasteiger partial charge in [-0.2, -0.15) is 0 Å². The van der Waals surface area contributed by atoms with E-state index in [0.717, 1.165) is 63.9 Å². The molecule has 5 heteroatoms. The Hall–Kier alpha value is -1.75. The number of hydrogen-bond donors (Lipinski definition) is 2. The molecule has 138 valence electrons. The summed E-state index contributed by atoms with van der Waals surface area (Å²) >= 11 is 0. The van der Waals surface area contributed by atoms with Crippen LogP contribution in [0.3, 0.4) is 0 Å². The molecular formula is C20H31N3O2. The van der Waals surface area contributed by atoms with E-state index < -0.39 is 0 Å². The molecule has 0 atom stereocenters. The van der Waals surface area contributed by atoms with Gasteiger partial charge in [-0.05, 0) is 76.7 Å². The van der Waals surface area contributed by atoms with Crippen LogP contribution >= 0.6 is 0 Å². The molecule has 1 aliphatic heterocycles. The maximum atomic E-state index is 12.1. The highest BCUT2D eigenvalue weighted by molar-refractivity contribution is 5.74. The van der Waals surface area contributed by atoms with E-state index in [1.165, 1.54) is 0 Å². The lowest BCUT2D eigenvalue weighted by Gasteiger charge is -2.31. The summed E-state index contributed by atoms with van der Waals surface area (Å²) in [7, 11) is 2.13. The van der Waals surface area contributed by atoms with Crippen LogP contribution in [0.4, 0.5) is 4.79 Å². The fourth-order valence-corrected chi connectivity index (χ4v) is 3.77. The molecule has 0 bridgehead atoms. The van der Waals surface area contributed by atoms with Gasteiger partial charge in [-0.25, -0.2) is 4.79 Å². The smallest absolute Gasteiger partial charge is 0.315 e. The average Bonchev–Trinajstić information content (AvgIpc) is 2.64. The molecule has 0 spiro atoms. The Balaban J connectivity index is 1.30. The number of likely N-dealkylation sites (tertiary alicyclic amines) is 1. The molecule has 1 saturated carbocycles. The summed E-state index contributed by atoms with van der Waals surface area (Å²) in [5, 5.41) is 6.19. The third-order valence-electron chi connectivity index (χ3n) is 5.44. The second-order valence-electron chi connectivity index (χ2n) is 7.51. The van der Waals surface area contributed by atoms with Crippen molar-refractivity contribution in [1.29, 1.82) is 0 Å². The second kappa shape index (κ2) is 9.09. The first-order valence-electron chi connectivity index (χ1n) is 9.63. The number of nitrogens with zero attached hydrogens (tertiary/aromatic N) is 1. The van der Waals surface area contributed by atoms with E-state index >= 15 is 0 Å². The van der Waals surface area contributed by atoms with Crippen LogP contribution in [0, 0.1) is 5.92 Å². The predicted octanol–water partition coefficient (Wildman–Crippen LogP) is 3.02. The molecule has 25 heavy (non-hydrogen) atoms. The van der Waals surface area contributed by atoms with E-state index in [-0.39, 0.29) is 6.03 Å². The molecule has 2 fully saturated rings. The molecule has 0 radical (unpaired) electrons. The molecule has 1 saturated heterocycles. The first-order valence-corrected chi connectivity index (χ1v) is 9.63. The van der Waals surface area contributed by atoms with Crippen molar-refractivity contribution in [1.82, 2.24) is 15.5 Å². The number of para-hydroxylation sites is 1. The number of carbonyl (C=O) groups excluding carboxylic acids is 1. The van der Waals surface area contributed by atoms with Crippen molar-refractivity contribution in [3.63, 3.8) is 0 Å². The number of hydrogen-bond acceptors (Lipinski definition) is 3. The van der Waals surface area contributed by atoms with E-state index in [1.54, 1.807) is 0 Å². The van der Waals surface area contributed by atoms with Crippen LogP contribution in [0.15, 0.2) is 30.3 Å². The van der Waals surface area contributed by atoms with Gasteiger partial charge in [0, 0.05) is 12.6 Å². The molecule has 1 aromatic rings. The van der Waals surface area contributed by atoms with Crippen LogP contribution in [-0.4, -0.2) is 49.8 Å². The Morgan fingerprint density at radius 1 is 1.08 bits per heavy atom. The zero-order chi connectivity index (χ0) is 17.5. The molecule has 2 aliphatic rings. The van der Waals surface area contributed by atoms with Crippen LogP contribution in [0.25, 0.3) is 0 Å². The largest absolute Gasteiger partial charge is 0.490 e. The van der Waals surface area contributed by atoms with Gasteiger partial charge in [-0.15, -0.1) is 0 Å². The Bertz CT molecular complexity index is 521. The molecule has 0 unspecified atom stereocenters. The van der Waals surface area contributed by atoms with E-state index in [1.807, 2.05) is 30.3 Å². The number of amides is 2. The van der Waals surface area contributed by atoms with Crippen LogP contribution in [0.1, 0.15) is 38.5 Å². The molecule has 2 amide bonds. The van der Waals surface area contributed by atoms with Crippen LogP contribution in [0.5, 0.6) is 5.75 Å². The van der Waals surface area contributed by atoms with Gasteiger partial charge < -0.3 is 20.3 Å². The minimum Gasteiger partial charge on any atom is -0.490 e. The summed E-state index contributed by atoms with van der Waals surface area (Å²) in [6, 6.07) is 10.4. The Morgan fingerprint density at radius 3 is 2.44 bits per heavy atom. The van der Waals surface area contributed by atoms with Gasteiger partial charge in [0.15, 0.2) is 0 Å². The number of nitrogens with one attached hydrogen (secondary N) is 2. The van der Waals surface area contributed by atoms with Gasteiger partial charge in [-0.1, -0.05) is 18.2 Å². The number of carbonyl (C=O) groups is 1. The maximum absolute atomic E-state index is 12.1. The average molecular weight is 345 g/mol. The molecule has 5 nitrogen and oxygen atoms in total. The Morgan fingerprint density at radius 2 is 1.76 bits per heavy atom. The molecule has 2 N–H and O–H groups in total. The van der Waals surface area contributed by atoms with Gasteiger partial charge in [-0.3, -0.25) is 0 Å². The number of ether oxygens (including phenoxy) is 1. The van der Waals surface area contributed by atoms with E-state index in [4.69, 9.17) is 4.74 Å². The highest BCUT2D eigenvalue weighted by atomic mass is 16.5. The molecule has 1 heterocycles. The molecular weight excluding hydrogens is 314 g/mol. The van der Waals surface area contributed by atoms with Gasteiger partial charge >= 0.3 is 6.03 Å². The Kier molecular flexibility index (Phi) is 6.56. The summed E-state index contributed by atoms with van der Waals surface area (Å²) in [5.74, 6) is 1.53. The van der Waals surface area contributed by atoms with Gasteiger partial charge in [0.2, 0.25) is 0 Å². The van der Waals surface area contributed by atoms with Crippen molar-refractivity contribution in [2.75, 3.05) is 26.7 Å². The highest BCUT2D eigenvalue weighted by Crippen LogP contribution is 2.27. The number of benzene rings is 1. The predicted molar refractivity (Wildman–Crippen MR) is 99.9 cm³/mol. The Labute approximate surface area is 151 Å². The zero-order valence-electron chi connectivity index (χ0n) is 15.2. The van der Waals surface area contributed by atoms with Crippen molar-refractivity contribution in [2.45, 2.75) is 50.7 Å². The number of rotatable bonds is 5. The molecule has 3 rings (SSSR count). The van der Waals surface area contributed by atoms with Crippen LogP contribution in [-0.2, 0) is 0 Å². The normalized spacial score (nSPS) is 25.3. The highest BCUT2D eigenvalue weighted by Gasteiger charge is 2.23. The van der Waals surface area contributed by atoms with E-state index in [0.29, 0.717) is 18.1 Å². The van der Waals surface area contributed by atoms with Gasteiger partial charge in [0.25, 0.3) is 0 Å². The van der Waals surface area contributed by atoms with Gasteiger partial charge in [0.1, 0.15) is 5.75 Å². The summed E-state index contributed by atoms with van der Waals surface area (Å²) in [5.41, 5.74) is 0. The quantitative estimate of drug-likeness (QED) is 0.862.